The van der Waals surface area contributed by atoms with E-state index in [0.29, 0.717) is 12.1 Å². The molecule has 92 valence electrons. The summed E-state index contributed by atoms with van der Waals surface area (Å²) in [5.41, 5.74) is 0.507. The van der Waals surface area contributed by atoms with E-state index in [4.69, 9.17) is 4.74 Å². The van der Waals surface area contributed by atoms with Gasteiger partial charge in [-0.2, -0.15) is 0 Å². The Morgan fingerprint density at radius 2 is 1.94 bits per heavy atom. The van der Waals surface area contributed by atoms with Crippen LogP contribution in [0.2, 0.25) is 0 Å². The number of ether oxygens (including phenoxy) is 1. The van der Waals surface area contributed by atoms with Gasteiger partial charge < -0.3 is 10.1 Å². The Kier molecular flexibility index (Phi) is 2.86. The fraction of sp³-hybridized carbons (Fsp3) is 0.917. The highest BCUT2D eigenvalue weighted by Crippen LogP contribution is 2.56. The van der Waals surface area contributed by atoms with Crippen LogP contribution in [0, 0.1) is 5.41 Å². The Hall–Kier alpha value is -0.770. The second-order valence-electron chi connectivity index (χ2n) is 6.03. The Morgan fingerprint density at radius 3 is 2.38 bits per heavy atom. The normalized spacial score (nSPS) is 36.8. The quantitative estimate of drug-likeness (QED) is 0.748. The minimum Gasteiger partial charge on any atom is -0.433 e. The van der Waals surface area contributed by atoms with E-state index in [1.165, 1.54) is 12.8 Å². The summed E-state index contributed by atoms with van der Waals surface area (Å²) >= 11 is 0. The van der Waals surface area contributed by atoms with Gasteiger partial charge in [-0.1, -0.05) is 6.92 Å². The lowest BCUT2D eigenvalue weighted by Gasteiger charge is -2.27. The van der Waals surface area contributed by atoms with Gasteiger partial charge in [0.1, 0.15) is 6.73 Å². The highest BCUT2D eigenvalue weighted by molar-refractivity contribution is 5.68. The summed E-state index contributed by atoms with van der Waals surface area (Å²) < 4.78 is 5.12. The predicted octanol–water partition coefficient (Wildman–Crippen LogP) is 1.95. The Bertz CT molecular complexity index is 281. The molecule has 2 bridgehead atoms. The standard InChI is InChI=1S/C12H22N2O2/c1-11-4-6-12(8-11,7-5-11)13-10(15)16-9-14(2)3/h4-9H2,1-3H3,(H,13,15). The van der Waals surface area contributed by atoms with Crippen molar-refractivity contribution >= 4 is 6.09 Å². The molecule has 0 heterocycles. The molecule has 0 aromatic rings. The van der Waals surface area contributed by atoms with Crippen molar-refractivity contribution in [2.75, 3.05) is 20.8 Å². The minimum absolute atomic E-state index is 0.0398. The molecule has 0 spiro atoms. The van der Waals surface area contributed by atoms with Crippen LogP contribution < -0.4 is 5.32 Å². The van der Waals surface area contributed by atoms with E-state index < -0.39 is 0 Å². The number of hydrogen-bond acceptors (Lipinski definition) is 3. The van der Waals surface area contributed by atoms with Crippen LogP contribution in [-0.4, -0.2) is 37.4 Å². The summed E-state index contributed by atoms with van der Waals surface area (Å²) in [5, 5.41) is 3.08. The van der Waals surface area contributed by atoms with Gasteiger partial charge in [0.25, 0.3) is 0 Å². The third kappa shape index (κ3) is 2.32. The van der Waals surface area contributed by atoms with E-state index in [1.54, 1.807) is 0 Å². The number of hydrogen-bond donors (Lipinski definition) is 1. The average Bonchev–Trinajstić information content (AvgIpc) is 2.68. The maximum Gasteiger partial charge on any atom is 0.408 e. The lowest BCUT2D eigenvalue weighted by atomic mass is 9.86. The Morgan fingerprint density at radius 1 is 1.31 bits per heavy atom. The Labute approximate surface area is 97.3 Å². The zero-order valence-electron chi connectivity index (χ0n) is 10.5. The van der Waals surface area contributed by atoms with Gasteiger partial charge in [-0.05, 0) is 51.6 Å². The lowest BCUT2D eigenvalue weighted by Crippen LogP contribution is -2.45. The third-order valence-corrected chi connectivity index (χ3v) is 4.00. The van der Waals surface area contributed by atoms with Crippen molar-refractivity contribution in [1.29, 1.82) is 0 Å². The number of amides is 1. The monoisotopic (exact) mass is 226 g/mol. The highest BCUT2D eigenvalue weighted by Gasteiger charge is 2.52. The molecule has 2 aliphatic carbocycles. The summed E-state index contributed by atoms with van der Waals surface area (Å²) in [6, 6.07) is 0. The number of carbonyl (C=O) groups is 1. The second kappa shape index (κ2) is 3.91. The first-order valence-electron chi connectivity index (χ1n) is 6.03. The van der Waals surface area contributed by atoms with Gasteiger partial charge in [0.05, 0.1) is 0 Å². The molecule has 0 atom stereocenters. The maximum absolute atomic E-state index is 11.6. The van der Waals surface area contributed by atoms with Gasteiger partial charge in [0.15, 0.2) is 0 Å². The molecule has 4 nitrogen and oxygen atoms in total. The zero-order chi connectivity index (χ0) is 11.8. The van der Waals surface area contributed by atoms with Crippen molar-refractivity contribution in [1.82, 2.24) is 10.2 Å². The van der Waals surface area contributed by atoms with E-state index >= 15 is 0 Å². The summed E-state index contributed by atoms with van der Waals surface area (Å²) in [6.07, 6.45) is 5.56. The molecular formula is C12H22N2O2. The van der Waals surface area contributed by atoms with Crippen molar-refractivity contribution in [2.24, 2.45) is 5.41 Å². The van der Waals surface area contributed by atoms with E-state index in [9.17, 15) is 4.79 Å². The molecule has 1 amide bonds. The predicted molar refractivity (Wildman–Crippen MR) is 62.1 cm³/mol. The second-order valence-corrected chi connectivity index (χ2v) is 6.03. The van der Waals surface area contributed by atoms with Gasteiger partial charge in [-0.3, -0.25) is 4.90 Å². The first-order valence-corrected chi connectivity index (χ1v) is 6.03. The number of nitrogens with zero attached hydrogens (tertiary/aromatic N) is 1. The van der Waals surface area contributed by atoms with Crippen LogP contribution in [0.3, 0.4) is 0 Å². The number of nitrogens with one attached hydrogen (secondary N) is 1. The van der Waals surface area contributed by atoms with Crippen LogP contribution in [0.1, 0.15) is 39.0 Å². The molecule has 16 heavy (non-hydrogen) atoms. The van der Waals surface area contributed by atoms with Crippen molar-refractivity contribution in [3.8, 4) is 0 Å². The number of fused-ring (bicyclic) bond motifs is 2. The molecule has 0 aromatic carbocycles. The van der Waals surface area contributed by atoms with Crippen LogP contribution in [0.5, 0.6) is 0 Å². The molecule has 4 heteroatoms. The molecule has 0 saturated heterocycles. The molecule has 0 aromatic heterocycles. The topological polar surface area (TPSA) is 41.6 Å². The van der Waals surface area contributed by atoms with Gasteiger partial charge in [-0.25, -0.2) is 4.79 Å². The fourth-order valence-corrected chi connectivity index (χ4v) is 3.11. The lowest BCUT2D eigenvalue weighted by molar-refractivity contribution is 0.0865. The fourth-order valence-electron chi connectivity index (χ4n) is 3.11. The number of carbonyl (C=O) groups excluding carboxylic acids is 1. The largest absolute Gasteiger partial charge is 0.433 e. The van der Waals surface area contributed by atoms with Crippen molar-refractivity contribution in [3.63, 3.8) is 0 Å². The van der Waals surface area contributed by atoms with Gasteiger partial charge in [0.2, 0.25) is 0 Å². The van der Waals surface area contributed by atoms with Crippen LogP contribution in [0.15, 0.2) is 0 Å². The first-order chi connectivity index (χ1) is 7.43. The number of rotatable bonds is 3. The molecule has 2 rings (SSSR count). The van der Waals surface area contributed by atoms with Crippen LogP contribution in [0.4, 0.5) is 4.79 Å². The highest BCUT2D eigenvalue weighted by atomic mass is 16.6. The smallest absolute Gasteiger partial charge is 0.408 e. The van der Waals surface area contributed by atoms with E-state index in [-0.39, 0.29) is 11.6 Å². The summed E-state index contributed by atoms with van der Waals surface area (Å²) in [5.74, 6) is 0. The summed E-state index contributed by atoms with van der Waals surface area (Å²) in [6.45, 7) is 2.67. The molecule has 2 saturated carbocycles. The van der Waals surface area contributed by atoms with Crippen LogP contribution in [-0.2, 0) is 4.74 Å². The SMILES string of the molecule is CN(C)COC(=O)NC12CCC(C)(CC1)C2. The molecule has 2 aliphatic rings. The molecule has 0 unspecified atom stereocenters. The zero-order valence-corrected chi connectivity index (χ0v) is 10.5. The molecule has 1 N–H and O–H groups in total. The maximum atomic E-state index is 11.6. The van der Waals surface area contributed by atoms with Crippen molar-refractivity contribution < 1.29 is 9.53 Å². The first kappa shape index (κ1) is 11.7. The van der Waals surface area contributed by atoms with Crippen LogP contribution >= 0.6 is 0 Å². The van der Waals surface area contributed by atoms with E-state index in [1.807, 2.05) is 19.0 Å². The van der Waals surface area contributed by atoms with Gasteiger partial charge in [0, 0.05) is 5.54 Å². The number of alkyl carbamates (subject to hydrolysis) is 1. The van der Waals surface area contributed by atoms with Crippen molar-refractivity contribution in [2.45, 2.75) is 44.6 Å². The van der Waals surface area contributed by atoms with Crippen LogP contribution in [0.25, 0.3) is 0 Å². The Balaban J connectivity index is 1.84. The van der Waals surface area contributed by atoms with Crippen molar-refractivity contribution in [3.05, 3.63) is 0 Å². The summed E-state index contributed by atoms with van der Waals surface area (Å²) in [7, 11) is 3.77. The molecule has 0 radical (unpaired) electrons. The average molecular weight is 226 g/mol. The summed E-state index contributed by atoms with van der Waals surface area (Å²) in [4.78, 5) is 13.5. The molecule has 0 aliphatic heterocycles. The van der Waals surface area contributed by atoms with Gasteiger partial charge >= 0.3 is 6.09 Å². The molecule has 2 fully saturated rings. The van der Waals surface area contributed by atoms with Gasteiger partial charge in [-0.15, -0.1) is 0 Å². The third-order valence-electron chi connectivity index (χ3n) is 4.00. The van der Waals surface area contributed by atoms with E-state index in [2.05, 4.69) is 12.2 Å². The minimum atomic E-state index is -0.264. The molecular weight excluding hydrogens is 204 g/mol. The van der Waals surface area contributed by atoms with E-state index in [0.717, 1.165) is 19.3 Å².